The molecule has 0 aromatic heterocycles. The van der Waals surface area contributed by atoms with Crippen LogP contribution in [-0.4, -0.2) is 46.6 Å². The van der Waals surface area contributed by atoms with Crippen LogP contribution in [0.5, 0.6) is 0 Å². The van der Waals surface area contributed by atoms with E-state index in [9.17, 15) is 10.2 Å². The second-order valence-corrected chi connectivity index (χ2v) is 5.53. The Morgan fingerprint density at radius 1 is 0.765 bits per heavy atom. The van der Waals surface area contributed by atoms with Gasteiger partial charge in [0.05, 0.1) is 12.2 Å². The molecule has 6 atom stereocenters. The zero-order valence-corrected chi connectivity index (χ0v) is 10.3. The van der Waals surface area contributed by atoms with Crippen LogP contribution in [0.3, 0.4) is 0 Å². The zero-order valence-electron chi connectivity index (χ0n) is 10.3. The molecule has 2 aliphatic carbocycles. The highest BCUT2D eigenvalue weighted by Crippen LogP contribution is 2.22. The summed E-state index contributed by atoms with van der Waals surface area (Å²) in [6.07, 6.45) is 4.72. The first-order valence-corrected chi connectivity index (χ1v) is 6.73. The summed E-state index contributed by atoms with van der Waals surface area (Å²) in [5.41, 5.74) is 12.0. The molecular weight excluding hydrogens is 218 g/mol. The second kappa shape index (κ2) is 5.63. The topological polar surface area (TPSA) is 105 Å². The van der Waals surface area contributed by atoms with Crippen molar-refractivity contribution in [3.63, 3.8) is 0 Å². The van der Waals surface area contributed by atoms with Crippen molar-refractivity contribution < 1.29 is 10.2 Å². The number of hydrogen-bond acceptors (Lipinski definition) is 5. The van der Waals surface area contributed by atoms with E-state index in [0.717, 1.165) is 38.5 Å². The molecule has 2 rings (SSSR count). The van der Waals surface area contributed by atoms with E-state index in [-0.39, 0.29) is 24.2 Å². The molecule has 6 unspecified atom stereocenters. The lowest BCUT2D eigenvalue weighted by Crippen LogP contribution is -2.62. The fourth-order valence-electron chi connectivity index (χ4n) is 3.06. The smallest absolute Gasteiger partial charge is 0.0706 e. The molecule has 17 heavy (non-hydrogen) atoms. The Labute approximate surface area is 103 Å². The number of nitrogens with two attached hydrogens (primary N) is 2. The monoisotopic (exact) mass is 243 g/mol. The van der Waals surface area contributed by atoms with Gasteiger partial charge in [-0.05, 0) is 38.5 Å². The maximum Gasteiger partial charge on any atom is 0.0706 e. The Kier molecular flexibility index (Phi) is 4.38. The van der Waals surface area contributed by atoms with Crippen LogP contribution >= 0.6 is 0 Å². The van der Waals surface area contributed by atoms with Gasteiger partial charge in [-0.3, -0.25) is 0 Å². The van der Waals surface area contributed by atoms with Gasteiger partial charge in [-0.1, -0.05) is 0 Å². The van der Waals surface area contributed by atoms with E-state index < -0.39 is 12.2 Å². The number of rotatable bonds is 2. The molecule has 2 fully saturated rings. The van der Waals surface area contributed by atoms with Crippen molar-refractivity contribution in [2.75, 3.05) is 0 Å². The molecule has 0 amide bonds. The van der Waals surface area contributed by atoms with Gasteiger partial charge >= 0.3 is 0 Å². The lowest BCUT2D eigenvalue weighted by atomic mass is 9.84. The molecule has 0 radical (unpaired) electrons. The molecule has 0 bridgehead atoms. The van der Waals surface area contributed by atoms with E-state index in [2.05, 4.69) is 5.32 Å². The van der Waals surface area contributed by atoms with Crippen molar-refractivity contribution in [3.05, 3.63) is 0 Å². The fourth-order valence-corrected chi connectivity index (χ4v) is 3.06. The van der Waals surface area contributed by atoms with Crippen LogP contribution in [-0.2, 0) is 0 Å². The van der Waals surface area contributed by atoms with Gasteiger partial charge in [0.1, 0.15) is 0 Å². The Bertz CT molecular complexity index is 228. The number of aliphatic hydroxyl groups excluding tert-OH is 2. The van der Waals surface area contributed by atoms with Crippen LogP contribution in [0.15, 0.2) is 0 Å². The third kappa shape index (κ3) is 2.98. The summed E-state index contributed by atoms with van der Waals surface area (Å²) in [7, 11) is 0. The van der Waals surface area contributed by atoms with Gasteiger partial charge in [0.25, 0.3) is 0 Å². The minimum Gasteiger partial charge on any atom is -0.391 e. The number of hydrogen-bond donors (Lipinski definition) is 5. The van der Waals surface area contributed by atoms with E-state index in [1.165, 1.54) is 0 Å². The Hall–Kier alpha value is -0.200. The lowest BCUT2D eigenvalue weighted by Gasteiger charge is -2.40. The first kappa shape index (κ1) is 13.2. The summed E-state index contributed by atoms with van der Waals surface area (Å²) < 4.78 is 0. The fraction of sp³-hybridized carbons (Fsp3) is 1.00. The maximum absolute atomic E-state index is 9.75. The SMILES string of the molecule is NC1C(O)CCCC1NC1CCCC(O)C1N. The maximum atomic E-state index is 9.75. The van der Waals surface area contributed by atoms with Gasteiger partial charge in [0, 0.05) is 24.2 Å². The largest absolute Gasteiger partial charge is 0.391 e. The van der Waals surface area contributed by atoms with Crippen molar-refractivity contribution in [1.82, 2.24) is 5.32 Å². The molecule has 2 aliphatic rings. The molecule has 0 heterocycles. The van der Waals surface area contributed by atoms with Gasteiger partial charge in [0.15, 0.2) is 0 Å². The third-order valence-electron chi connectivity index (χ3n) is 4.28. The van der Waals surface area contributed by atoms with Gasteiger partial charge in [-0.25, -0.2) is 0 Å². The normalized spacial score (nSPS) is 48.0. The van der Waals surface area contributed by atoms with E-state index in [1.807, 2.05) is 0 Å². The zero-order chi connectivity index (χ0) is 12.4. The summed E-state index contributed by atoms with van der Waals surface area (Å²) in [4.78, 5) is 0. The summed E-state index contributed by atoms with van der Waals surface area (Å²) in [5, 5.41) is 22.9. The highest BCUT2D eigenvalue weighted by atomic mass is 16.3. The van der Waals surface area contributed by atoms with E-state index in [4.69, 9.17) is 11.5 Å². The predicted molar refractivity (Wildman–Crippen MR) is 66.4 cm³/mol. The van der Waals surface area contributed by atoms with Gasteiger partial charge in [0.2, 0.25) is 0 Å². The van der Waals surface area contributed by atoms with E-state index in [0.29, 0.717) is 0 Å². The van der Waals surface area contributed by atoms with Crippen LogP contribution in [0, 0.1) is 0 Å². The molecule has 100 valence electrons. The van der Waals surface area contributed by atoms with Crippen molar-refractivity contribution in [3.8, 4) is 0 Å². The Balaban J connectivity index is 1.90. The second-order valence-electron chi connectivity index (χ2n) is 5.53. The van der Waals surface area contributed by atoms with E-state index in [1.54, 1.807) is 0 Å². The van der Waals surface area contributed by atoms with Crippen LogP contribution in [0.25, 0.3) is 0 Å². The quantitative estimate of drug-likeness (QED) is 0.430. The highest BCUT2D eigenvalue weighted by molar-refractivity contribution is 4.96. The predicted octanol–water partition coefficient (Wildman–Crippen LogP) is -0.943. The molecule has 0 saturated heterocycles. The van der Waals surface area contributed by atoms with Gasteiger partial charge in [-0.2, -0.15) is 0 Å². The minimum atomic E-state index is -0.411. The highest BCUT2D eigenvalue weighted by Gasteiger charge is 2.35. The van der Waals surface area contributed by atoms with Crippen LogP contribution in [0.2, 0.25) is 0 Å². The van der Waals surface area contributed by atoms with Crippen LogP contribution < -0.4 is 16.8 Å². The molecule has 0 aliphatic heterocycles. The average Bonchev–Trinajstić information content (AvgIpc) is 2.31. The van der Waals surface area contributed by atoms with Crippen molar-refractivity contribution in [1.29, 1.82) is 0 Å². The average molecular weight is 243 g/mol. The summed E-state index contributed by atoms with van der Waals surface area (Å²) in [6, 6.07) is -0.176. The minimum absolute atomic E-state index is 0.125. The Morgan fingerprint density at radius 2 is 1.18 bits per heavy atom. The van der Waals surface area contributed by atoms with Crippen molar-refractivity contribution in [2.45, 2.75) is 74.9 Å². The molecule has 2 saturated carbocycles. The Morgan fingerprint density at radius 3 is 1.59 bits per heavy atom. The first-order chi connectivity index (χ1) is 8.09. The molecular formula is C12H25N3O2. The molecule has 5 nitrogen and oxygen atoms in total. The molecule has 0 aromatic rings. The molecule has 0 aromatic carbocycles. The van der Waals surface area contributed by atoms with Crippen LogP contribution in [0.4, 0.5) is 0 Å². The molecule has 7 N–H and O–H groups in total. The van der Waals surface area contributed by atoms with Crippen molar-refractivity contribution in [2.24, 2.45) is 11.5 Å². The number of nitrogens with one attached hydrogen (secondary N) is 1. The standard InChI is InChI=1S/C12H25N3O2/c13-11-7(3-1-5-9(11)16)15-8-4-2-6-10(17)12(8)14/h7-12,15-17H,1-6,13-14H2. The third-order valence-corrected chi connectivity index (χ3v) is 4.28. The molecule has 5 heteroatoms. The van der Waals surface area contributed by atoms with Crippen LogP contribution in [0.1, 0.15) is 38.5 Å². The number of aliphatic hydroxyl groups is 2. The summed E-state index contributed by atoms with van der Waals surface area (Å²) in [6.45, 7) is 0. The summed E-state index contributed by atoms with van der Waals surface area (Å²) in [5.74, 6) is 0. The summed E-state index contributed by atoms with van der Waals surface area (Å²) >= 11 is 0. The van der Waals surface area contributed by atoms with E-state index >= 15 is 0 Å². The van der Waals surface area contributed by atoms with Crippen molar-refractivity contribution >= 4 is 0 Å². The molecule has 0 spiro atoms. The lowest BCUT2D eigenvalue weighted by molar-refractivity contribution is 0.0602. The first-order valence-electron chi connectivity index (χ1n) is 6.73. The van der Waals surface area contributed by atoms with Gasteiger partial charge < -0.3 is 27.0 Å². The van der Waals surface area contributed by atoms with Gasteiger partial charge in [-0.15, -0.1) is 0 Å².